The fourth-order valence-electron chi connectivity index (χ4n) is 2.80. The molecule has 0 spiro atoms. The molecule has 2 rings (SSSR count). The Bertz CT molecular complexity index is 435. The van der Waals surface area contributed by atoms with E-state index in [1.165, 1.54) is 5.56 Å². The third-order valence-electron chi connectivity index (χ3n) is 4.31. The van der Waals surface area contributed by atoms with Gasteiger partial charge in [0.2, 0.25) is 0 Å². The first-order valence-electron chi connectivity index (χ1n) is 7.96. The minimum Gasteiger partial charge on any atom is -0.388 e. The second-order valence-electron chi connectivity index (χ2n) is 7.21. The lowest BCUT2D eigenvalue weighted by molar-refractivity contribution is 0.0151. The molecule has 1 N–H and O–H groups in total. The van der Waals surface area contributed by atoms with Crippen molar-refractivity contribution in [1.82, 2.24) is 4.90 Å². The Labute approximate surface area is 141 Å². The number of ether oxygens (including phenoxy) is 1. The quantitative estimate of drug-likeness (QED) is 0.920. The Balaban J connectivity index is 0.00000242. The minimum absolute atomic E-state index is 0. The van der Waals surface area contributed by atoms with Crippen LogP contribution in [0.2, 0.25) is 0 Å². The fraction of sp³-hybridized carbons (Fsp3) is 0.667. The molecule has 1 aromatic rings. The van der Waals surface area contributed by atoms with Crippen LogP contribution in [0.4, 0.5) is 0 Å². The van der Waals surface area contributed by atoms with Crippen LogP contribution in [0.3, 0.4) is 0 Å². The first kappa shape index (κ1) is 19.4. The molecule has 1 aromatic carbocycles. The lowest BCUT2D eigenvalue weighted by Gasteiger charge is -2.31. The van der Waals surface area contributed by atoms with E-state index in [0.717, 1.165) is 38.4 Å². The molecular weight excluding hydrogens is 298 g/mol. The molecule has 126 valence electrons. The van der Waals surface area contributed by atoms with Crippen molar-refractivity contribution in [3.8, 4) is 0 Å². The van der Waals surface area contributed by atoms with Gasteiger partial charge in [0.25, 0.3) is 0 Å². The van der Waals surface area contributed by atoms with Crippen LogP contribution in [0.15, 0.2) is 24.3 Å². The molecule has 1 fully saturated rings. The van der Waals surface area contributed by atoms with E-state index in [1.54, 1.807) is 0 Å². The van der Waals surface area contributed by atoms with Crippen molar-refractivity contribution in [3.63, 3.8) is 0 Å². The summed E-state index contributed by atoms with van der Waals surface area (Å²) in [6.07, 6.45) is -0.401. The van der Waals surface area contributed by atoms with Crippen molar-refractivity contribution < 1.29 is 9.84 Å². The summed E-state index contributed by atoms with van der Waals surface area (Å²) >= 11 is 0. The average molecular weight is 328 g/mol. The van der Waals surface area contributed by atoms with Crippen molar-refractivity contribution >= 4 is 12.4 Å². The van der Waals surface area contributed by atoms with Crippen LogP contribution in [0.5, 0.6) is 0 Å². The van der Waals surface area contributed by atoms with Crippen LogP contribution in [-0.4, -0.2) is 42.9 Å². The molecule has 4 heteroatoms. The first-order chi connectivity index (χ1) is 9.88. The van der Waals surface area contributed by atoms with E-state index >= 15 is 0 Å². The molecule has 0 radical (unpaired) electrons. The highest BCUT2D eigenvalue weighted by Crippen LogP contribution is 2.27. The number of hydrogen-bond donors (Lipinski definition) is 1. The van der Waals surface area contributed by atoms with Crippen LogP contribution >= 0.6 is 12.4 Å². The monoisotopic (exact) mass is 327 g/mol. The van der Waals surface area contributed by atoms with Gasteiger partial charge in [-0.3, -0.25) is 4.90 Å². The van der Waals surface area contributed by atoms with Crippen LogP contribution < -0.4 is 0 Å². The van der Waals surface area contributed by atoms with E-state index in [4.69, 9.17) is 4.74 Å². The van der Waals surface area contributed by atoms with Crippen LogP contribution in [0.25, 0.3) is 0 Å². The number of aliphatic hydroxyl groups excluding tert-OH is 1. The molecule has 0 saturated carbocycles. The molecule has 2 atom stereocenters. The Kier molecular flexibility index (Phi) is 7.33. The van der Waals surface area contributed by atoms with Gasteiger partial charge in [-0.2, -0.15) is 0 Å². The van der Waals surface area contributed by atoms with Gasteiger partial charge in [0.05, 0.1) is 19.3 Å². The molecule has 1 saturated heterocycles. The highest BCUT2D eigenvalue weighted by Gasteiger charge is 2.21. The number of nitrogens with zero attached hydrogens (tertiary/aromatic N) is 1. The third-order valence-corrected chi connectivity index (χ3v) is 4.31. The highest BCUT2D eigenvalue weighted by atomic mass is 35.5. The summed E-state index contributed by atoms with van der Waals surface area (Å²) in [5.41, 5.74) is 2.48. The van der Waals surface area contributed by atoms with Crippen LogP contribution in [0, 0.1) is 5.92 Å². The zero-order chi connectivity index (χ0) is 15.5. The van der Waals surface area contributed by atoms with E-state index < -0.39 is 6.10 Å². The van der Waals surface area contributed by atoms with Gasteiger partial charge in [-0.15, -0.1) is 12.4 Å². The smallest absolute Gasteiger partial charge is 0.0827 e. The van der Waals surface area contributed by atoms with E-state index in [0.29, 0.717) is 0 Å². The molecule has 0 amide bonds. The Hall–Kier alpha value is -0.610. The Morgan fingerprint density at radius 2 is 1.68 bits per heavy atom. The number of rotatable bonds is 4. The predicted octanol–water partition coefficient (Wildman–Crippen LogP) is 3.41. The maximum atomic E-state index is 10.6. The van der Waals surface area contributed by atoms with Gasteiger partial charge >= 0.3 is 0 Å². The number of aliphatic hydroxyl groups is 1. The maximum absolute atomic E-state index is 10.6. The Morgan fingerprint density at radius 1 is 1.14 bits per heavy atom. The van der Waals surface area contributed by atoms with E-state index in [-0.39, 0.29) is 23.7 Å². The van der Waals surface area contributed by atoms with Gasteiger partial charge in [0.1, 0.15) is 0 Å². The molecule has 1 aliphatic heterocycles. The van der Waals surface area contributed by atoms with E-state index in [1.807, 2.05) is 0 Å². The van der Waals surface area contributed by atoms with Crippen molar-refractivity contribution in [1.29, 1.82) is 0 Å². The second-order valence-corrected chi connectivity index (χ2v) is 7.21. The second kappa shape index (κ2) is 8.30. The first-order valence-corrected chi connectivity index (χ1v) is 7.96. The van der Waals surface area contributed by atoms with Gasteiger partial charge in [-0.1, -0.05) is 52.0 Å². The Morgan fingerprint density at radius 3 is 2.18 bits per heavy atom. The maximum Gasteiger partial charge on any atom is 0.0827 e. The van der Waals surface area contributed by atoms with Crippen molar-refractivity contribution in [2.45, 2.75) is 39.2 Å². The number of hydrogen-bond acceptors (Lipinski definition) is 3. The summed E-state index contributed by atoms with van der Waals surface area (Å²) in [5.74, 6) is 0.226. The van der Waals surface area contributed by atoms with Crippen LogP contribution in [-0.2, 0) is 10.2 Å². The third kappa shape index (κ3) is 5.24. The summed E-state index contributed by atoms with van der Waals surface area (Å²) in [6.45, 7) is 13.2. The summed E-state index contributed by atoms with van der Waals surface area (Å²) in [4.78, 5) is 2.38. The summed E-state index contributed by atoms with van der Waals surface area (Å²) in [6, 6.07) is 8.42. The molecule has 1 heterocycles. The number of morpholine rings is 1. The molecule has 0 aliphatic carbocycles. The van der Waals surface area contributed by atoms with Gasteiger partial charge in [-0.05, 0) is 22.5 Å². The number of halogens is 1. The highest BCUT2D eigenvalue weighted by molar-refractivity contribution is 5.85. The van der Waals surface area contributed by atoms with Gasteiger partial charge < -0.3 is 9.84 Å². The lowest BCUT2D eigenvalue weighted by Crippen LogP contribution is -2.39. The standard InChI is InChI=1S/C18H29NO2.ClH/c1-14(13-19-9-11-21-12-10-19)17(20)15-5-7-16(8-6-15)18(2,3)4;/h5-8,14,17,20H,9-13H2,1-4H3;1H. The normalized spacial score (nSPS) is 19.3. The van der Waals surface area contributed by atoms with E-state index in [2.05, 4.69) is 56.9 Å². The predicted molar refractivity (Wildman–Crippen MR) is 93.8 cm³/mol. The van der Waals surface area contributed by atoms with Crippen molar-refractivity contribution in [2.75, 3.05) is 32.8 Å². The lowest BCUT2D eigenvalue weighted by atomic mass is 9.85. The molecule has 3 nitrogen and oxygen atoms in total. The molecule has 22 heavy (non-hydrogen) atoms. The minimum atomic E-state index is -0.401. The SMILES string of the molecule is CC(CN1CCOCC1)C(O)c1ccc(C(C)(C)C)cc1.Cl. The largest absolute Gasteiger partial charge is 0.388 e. The molecule has 0 aromatic heterocycles. The van der Waals surface area contributed by atoms with Gasteiger partial charge in [-0.25, -0.2) is 0 Å². The fourth-order valence-corrected chi connectivity index (χ4v) is 2.80. The molecular formula is C18H30ClNO2. The zero-order valence-corrected chi connectivity index (χ0v) is 15.0. The van der Waals surface area contributed by atoms with Crippen molar-refractivity contribution in [2.24, 2.45) is 5.92 Å². The van der Waals surface area contributed by atoms with Gasteiger partial charge in [0.15, 0.2) is 0 Å². The molecule has 1 aliphatic rings. The summed E-state index contributed by atoms with van der Waals surface area (Å²) < 4.78 is 5.37. The zero-order valence-electron chi connectivity index (χ0n) is 14.2. The van der Waals surface area contributed by atoms with Gasteiger partial charge in [0, 0.05) is 19.6 Å². The number of benzene rings is 1. The van der Waals surface area contributed by atoms with Crippen molar-refractivity contribution in [3.05, 3.63) is 35.4 Å². The molecule has 2 unspecified atom stereocenters. The summed E-state index contributed by atoms with van der Waals surface area (Å²) in [5, 5.41) is 10.6. The van der Waals surface area contributed by atoms with E-state index in [9.17, 15) is 5.11 Å². The average Bonchev–Trinajstić information content (AvgIpc) is 2.46. The molecule has 0 bridgehead atoms. The summed E-state index contributed by atoms with van der Waals surface area (Å²) in [7, 11) is 0. The van der Waals surface area contributed by atoms with Crippen LogP contribution in [0.1, 0.15) is 44.9 Å². The topological polar surface area (TPSA) is 32.7 Å².